The van der Waals surface area contributed by atoms with Gasteiger partial charge in [0.2, 0.25) is 0 Å². The summed E-state index contributed by atoms with van der Waals surface area (Å²) in [6.07, 6.45) is 5.92. The Balaban J connectivity index is 1.73. The number of halogens is 1. The van der Waals surface area contributed by atoms with E-state index in [0.29, 0.717) is 0 Å². The lowest BCUT2D eigenvalue weighted by molar-refractivity contribution is 0.0190. The molecule has 2 aliphatic rings. The molecule has 0 fully saturated rings. The van der Waals surface area contributed by atoms with Gasteiger partial charge in [-0.1, -0.05) is 6.07 Å². The van der Waals surface area contributed by atoms with Gasteiger partial charge in [0.05, 0.1) is 15.4 Å². The monoisotopic (exact) mass is 433 g/mol. The second-order valence-electron chi connectivity index (χ2n) is 6.59. The summed E-state index contributed by atoms with van der Waals surface area (Å²) in [7, 11) is 1.74. The van der Waals surface area contributed by atoms with Gasteiger partial charge in [0.1, 0.15) is 5.84 Å². The summed E-state index contributed by atoms with van der Waals surface area (Å²) in [5.41, 5.74) is 5.79. The third-order valence-electron chi connectivity index (χ3n) is 4.80. The zero-order valence-corrected chi connectivity index (χ0v) is 16.2. The highest BCUT2D eigenvalue weighted by Gasteiger charge is 2.24. The van der Waals surface area contributed by atoms with Crippen molar-refractivity contribution in [1.29, 1.82) is 0 Å². The van der Waals surface area contributed by atoms with Crippen LogP contribution in [-0.4, -0.2) is 22.1 Å². The number of methoxy groups -OCH3 is 1. The normalized spacial score (nSPS) is 16.3. The van der Waals surface area contributed by atoms with Crippen molar-refractivity contribution in [2.45, 2.75) is 32.3 Å². The van der Waals surface area contributed by atoms with E-state index in [1.807, 2.05) is 12.4 Å². The Morgan fingerprint density at radius 3 is 2.83 bits per heavy atom. The molecule has 0 spiro atoms. The number of amidine groups is 1. The summed E-state index contributed by atoms with van der Waals surface area (Å²) in [5, 5.41) is 0. The average molecular weight is 433 g/mol. The maximum atomic E-state index is 5.59. The molecule has 0 saturated heterocycles. The molecular weight excluding hydrogens is 413 g/mol. The summed E-state index contributed by atoms with van der Waals surface area (Å²) in [5.74, 6) is 1.24. The number of benzene rings is 1. The van der Waals surface area contributed by atoms with Gasteiger partial charge < -0.3 is 4.74 Å². The molecule has 1 aromatic heterocycles. The maximum Gasteiger partial charge on any atom is 0.120 e. The van der Waals surface area contributed by atoms with Crippen LogP contribution in [-0.2, 0) is 16.8 Å². The van der Waals surface area contributed by atoms with Gasteiger partial charge in [-0.25, -0.2) is 3.21 Å². The number of aryl methyl sites for hydroxylation is 1. The predicted molar refractivity (Wildman–Crippen MR) is 108 cm³/mol. The molecule has 0 radical (unpaired) electrons. The minimum atomic E-state index is -0.337. The SMILES string of the molecule is COC(C)(C)c1cncc(-c2ccc3c(c2)CCC2=NI=CN23)c1. The standard InChI is InChI=1S/C19H20IN3O/c1-19(2,24-3)16-9-15(10-21-11-16)13-4-6-17-14(8-13)5-7-18-22-20-12-23(17)18/h4,6,8-12H,5,7H2,1-3H3. The zero-order valence-electron chi connectivity index (χ0n) is 14.1. The third kappa shape index (κ3) is 2.69. The Hall–Kier alpha value is -1.60. The Morgan fingerprint density at radius 2 is 2.00 bits per heavy atom. The first-order valence-corrected chi connectivity index (χ1v) is 10.3. The maximum absolute atomic E-state index is 5.59. The van der Waals surface area contributed by atoms with Gasteiger partial charge in [0, 0.05) is 58.1 Å². The second-order valence-corrected chi connectivity index (χ2v) is 8.18. The van der Waals surface area contributed by atoms with E-state index < -0.39 is 0 Å². The number of ether oxygens (including phenoxy) is 1. The third-order valence-corrected chi connectivity index (χ3v) is 6.44. The van der Waals surface area contributed by atoms with E-state index in [-0.39, 0.29) is 26.6 Å². The van der Waals surface area contributed by atoms with Crippen LogP contribution in [0.5, 0.6) is 0 Å². The van der Waals surface area contributed by atoms with E-state index in [0.717, 1.165) is 24.0 Å². The van der Waals surface area contributed by atoms with Crippen molar-refractivity contribution in [1.82, 2.24) is 4.98 Å². The molecule has 0 bridgehead atoms. The van der Waals surface area contributed by atoms with Crippen LogP contribution in [0.25, 0.3) is 11.1 Å². The number of nitrogens with zero attached hydrogens (tertiary/aromatic N) is 3. The topological polar surface area (TPSA) is 37.7 Å². The largest absolute Gasteiger partial charge is 0.374 e. The molecule has 0 aliphatic carbocycles. The van der Waals surface area contributed by atoms with E-state index in [4.69, 9.17) is 4.74 Å². The summed E-state index contributed by atoms with van der Waals surface area (Å²) >= 11 is -0.144. The van der Waals surface area contributed by atoms with Gasteiger partial charge in [-0.2, -0.15) is 0 Å². The minimum absolute atomic E-state index is 0.144. The van der Waals surface area contributed by atoms with Gasteiger partial charge in [-0.15, -0.1) is 0 Å². The van der Waals surface area contributed by atoms with E-state index >= 15 is 0 Å². The quantitative estimate of drug-likeness (QED) is 0.672. The van der Waals surface area contributed by atoms with Crippen LogP contribution in [0.2, 0.25) is 0 Å². The van der Waals surface area contributed by atoms with Crippen LogP contribution in [0.3, 0.4) is 0 Å². The molecule has 4 rings (SSSR count). The molecule has 0 unspecified atom stereocenters. The van der Waals surface area contributed by atoms with Crippen LogP contribution in [0.15, 0.2) is 39.9 Å². The molecule has 0 atom stereocenters. The average Bonchev–Trinajstić information content (AvgIpc) is 3.10. The molecule has 5 heteroatoms. The lowest BCUT2D eigenvalue weighted by Crippen LogP contribution is -2.31. The van der Waals surface area contributed by atoms with Gasteiger partial charge >= 0.3 is 0 Å². The fraction of sp³-hybridized carbons (Fsp3) is 0.316. The Labute approximate surface area is 152 Å². The minimum Gasteiger partial charge on any atom is -0.374 e. The number of fused-ring (bicyclic) bond motifs is 3. The number of anilines is 1. The van der Waals surface area contributed by atoms with Gasteiger partial charge in [-0.3, -0.25) is 9.88 Å². The molecule has 2 aliphatic heterocycles. The molecule has 124 valence electrons. The summed E-state index contributed by atoms with van der Waals surface area (Å²) in [6, 6.07) is 8.89. The highest BCUT2D eigenvalue weighted by atomic mass is 127. The van der Waals surface area contributed by atoms with Crippen molar-refractivity contribution < 1.29 is 4.74 Å². The van der Waals surface area contributed by atoms with Crippen LogP contribution >= 0.6 is 21.0 Å². The zero-order chi connectivity index (χ0) is 16.7. The first-order chi connectivity index (χ1) is 11.6. The smallest absolute Gasteiger partial charge is 0.120 e. The lowest BCUT2D eigenvalue weighted by atomic mass is 9.94. The van der Waals surface area contributed by atoms with Gasteiger partial charge in [0.15, 0.2) is 0 Å². The predicted octanol–water partition coefficient (Wildman–Crippen LogP) is 4.44. The van der Waals surface area contributed by atoms with Crippen molar-refractivity contribution in [2.75, 3.05) is 12.0 Å². The highest BCUT2D eigenvalue weighted by molar-refractivity contribution is 14.2. The van der Waals surface area contributed by atoms with Gasteiger partial charge in [-0.05, 0) is 49.6 Å². The number of aromatic nitrogens is 1. The van der Waals surface area contributed by atoms with Crippen molar-refractivity contribution in [3.05, 3.63) is 47.8 Å². The molecule has 0 amide bonds. The molecule has 0 N–H and O–H groups in total. The Kier molecular flexibility index (Phi) is 4.00. The first-order valence-electron chi connectivity index (χ1n) is 8.04. The van der Waals surface area contributed by atoms with Crippen molar-refractivity contribution >= 4 is 36.7 Å². The summed E-state index contributed by atoms with van der Waals surface area (Å²) in [6.45, 7) is 4.13. The van der Waals surface area contributed by atoms with E-state index in [1.54, 1.807) is 7.11 Å². The number of pyridine rings is 1. The molecule has 4 nitrogen and oxygen atoms in total. The van der Waals surface area contributed by atoms with E-state index in [9.17, 15) is 0 Å². The van der Waals surface area contributed by atoms with E-state index in [2.05, 4.69) is 55.3 Å². The summed E-state index contributed by atoms with van der Waals surface area (Å²) < 4.78 is 12.5. The second kappa shape index (κ2) is 6.04. The highest BCUT2D eigenvalue weighted by Crippen LogP contribution is 2.35. The molecule has 2 aromatic rings. The fourth-order valence-corrected chi connectivity index (χ4v) is 4.86. The lowest BCUT2D eigenvalue weighted by Gasteiger charge is -2.27. The van der Waals surface area contributed by atoms with Crippen LogP contribution < -0.4 is 4.90 Å². The number of hydrogen-bond donors (Lipinski definition) is 0. The Bertz CT molecular complexity index is 857. The first kappa shape index (κ1) is 15.9. The van der Waals surface area contributed by atoms with Crippen molar-refractivity contribution in [3.8, 4) is 11.1 Å². The van der Waals surface area contributed by atoms with Crippen molar-refractivity contribution in [3.63, 3.8) is 0 Å². The Morgan fingerprint density at radius 1 is 1.12 bits per heavy atom. The molecule has 0 saturated carbocycles. The number of hydrogen-bond acceptors (Lipinski definition) is 4. The molecular formula is C19H20IN3O. The number of rotatable bonds is 3. The molecule has 1 aromatic carbocycles. The van der Waals surface area contributed by atoms with Crippen LogP contribution in [0.4, 0.5) is 5.69 Å². The fourth-order valence-electron chi connectivity index (χ4n) is 3.06. The molecule has 3 heterocycles. The molecule has 24 heavy (non-hydrogen) atoms. The van der Waals surface area contributed by atoms with Gasteiger partial charge in [0.25, 0.3) is 0 Å². The van der Waals surface area contributed by atoms with Crippen LogP contribution in [0, 0.1) is 0 Å². The summed E-state index contributed by atoms with van der Waals surface area (Å²) in [4.78, 5) is 6.72. The van der Waals surface area contributed by atoms with Crippen LogP contribution in [0.1, 0.15) is 31.4 Å². The van der Waals surface area contributed by atoms with E-state index in [1.165, 1.54) is 22.6 Å². The van der Waals surface area contributed by atoms with Crippen molar-refractivity contribution in [2.24, 2.45) is 3.21 Å².